The monoisotopic (exact) mass is 814 g/mol. The maximum Gasteiger partial charge on any atom is 0.338 e. The van der Waals surface area contributed by atoms with E-state index < -0.39 is 113 Å². The van der Waals surface area contributed by atoms with E-state index in [9.17, 15) is 35.1 Å². The SMILES string of the molecule is C[C@H]1[C@@H]2CC[C@@H]1[C@@H](OC(=O)c1ccccc1)/C=C/C=C\C(=O)O[C@H]1[C@@H](C)C[C@@H]3[C@]1(O)[C@H](O)[C@@]1(CO)O[C@H]1[C@H]1[C@H]4O[C@]5(c6ccccc6)O[C@@H]([C@H](C)[C@@]13O5)[C@@]4(O)[C@](C)(O)C2. The maximum absolute atomic E-state index is 13.7. The number of hydrogen-bond acceptors (Lipinski definition) is 13. The molecule has 13 heteroatoms. The number of fused-ring (bicyclic) bond motifs is 6. The van der Waals surface area contributed by atoms with Crippen molar-refractivity contribution in [2.24, 2.45) is 41.4 Å². The number of ether oxygens (including phenoxy) is 6. The number of rotatable bonds is 4. The van der Waals surface area contributed by atoms with E-state index in [0.29, 0.717) is 24.0 Å². The van der Waals surface area contributed by atoms with Gasteiger partial charge in [0.05, 0.1) is 23.4 Å². The molecule has 4 aliphatic carbocycles. The summed E-state index contributed by atoms with van der Waals surface area (Å²) in [4.78, 5) is 27.2. The van der Waals surface area contributed by atoms with E-state index in [1.165, 1.54) is 12.2 Å². The van der Waals surface area contributed by atoms with E-state index >= 15 is 0 Å². The molecule has 0 unspecified atom stereocenters. The van der Waals surface area contributed by atoms with Crippen molar-refractivity contribution < 1.29 is 63.5 Å². The van der Waals surface area contributed by atoms with Crippen molar-refractivity contribution in [1.29, 1.82) is 0 Å². The van der Waals surface area contributed by atoms with Crippen LogP contribution in [0.2, 0.25) is 0 Å². The first kappa shape index (κ1) is 39.6. The molecule has 2 aromatic carbocycles. The van der Waals surface area contributed by atoms with Gasteiger partial charge in [-0.1, -0.05) is 81.5 Å². The van der Waals surface area contributed by atoms with Gasteiger partial charge in [-0.25, -0.2) is 9.59 Å². The van der Waals surface area contributed by atoms with Crippen molar-refractivity contribution in [2.45, 2.75) is 124 Å². The highest BCUT2D eigenvalue weighted by molar-refractivity contribution is 5.89. The van der Waals surface area contributed by atoms with Gasteiger partial charge in [0, 0.05) is 35.3 Å². The molecule has 11 bridgehead atoms. The second kappa shape index (κ2) is 13.3. The van der Waals surface area contributed by atoms with Crippen molar-refractivity contribution in [1.82, 2.24) is 0 Å². The van der Waals surface area contributed by atoms with E-state index in [0.717, 1.165) is 0 Å². The van der Waals surface area contributed by atoms with Crippen LogP contribution in [0.5, 0.6) is 0 Å². The summed E-state index contributed by atoms with van der Waals surface area (Å²) in [6.07, 6.45) is 0.608. The zero-order valence-electron chi connectivity index (χ0n) is 33.6. The van der Waals surface area contributed by atoms with Crippen molar-refractivity contribution in [3.63, 3.8) is 0 Å². The Morgan fingerprint density at radius 2 is 1.58 bits per heavy atom. The standard InChI is InChI=1S/C46H54O13/c1-24-21-32-43(52)35(24)55-33(48)18-12-11-17-31(54-39(49)27-13-7-5-8-14-27)30-20-19-28(25(30)2)22-41(4,51)45(53)36-26(3)44(32)34(37-42(23-47,56-37)40(43)50)38(45)58-46(57-36,59-44)29-15-9-6-10-16-29/h5-18,24-26,28,30-32,34-38,40,47,50-53H,19-23H2,1-4H3/b17-11+,18-12-/t24-,25-,26-,28+,30-,31-,32+,34-,35-,36-,37-,38+,40+,41+,42-,43+,44-,45-,46-/m0/s1. The number of aliphatic hydroxyl groups excluding tert-OH is 2. The molecule has 10 aliphatic rings. The number of benzene rings is 2. The summed E-state index contributed by atoms with van der Waals surface area (Å²) in [5, 5.41) is 63.4. The highest BCUT2D eigenvalue weighted by Gasteiger charge is 2.91. The largest absolute Gasteiger partial charge is 0.456 e. The fraction of sp³-hybridized carbons (Fsp3) is 0.609. The van der Waals surface area contributed by atoms with Crippen molar-refractivity contribution in [2.75, 3.05) is 6.61 Å². The number of epoxide rings is 1. The van der Waals surface area contributed by atoms with Gasteiger partial charge in [0.25, 0.3) is 0 Å². The van der Waals surface area contributed by atoms with Crippen LogP contribution >= 0.6 is 0 Å². The Morgan fingerprint density at radius 3 is 2.29 bits per heavy atom. The van der Waals surface area contributed by atoms with Gasteiger partial charge in [0.2, 0.25) is 0 Å². The smallest absolute Gasteiger partial charge is 0.338 e. The van der Waals surface area contributed by atoms with E-state index in [-0.39, 0.29) is 30.6 Å². The van der Waals surface area contributed by atoms with Crippen LogP contribution in [0.3, 0.4) is 0 Å². The predicted molar refractivity (Wildman–Crippen MR) is 207 cm³/mol. The Morgan fingerprint density at radius 1 is 0.881 bits per heavy atom. The molecule has 1 spiro atoms. The zero-order valence-corrected chi connectivity index (χ0v) is 33.6. The van der Waals surface area contributed by atoms with E-state index in [2.05, 4.69) is 6.92 Å². The Bertz CT molecular complexity index is 2060. The first-order valence-electron chi connectivity index (χ1n) is 21.2. The van der Waals surface area contributed by atoms with Crippen LogP contribution < -0.4 is 0 Å². The molecule has 316 valence electrons. The molecule has 19 atom stereocenters. The van der Waals surface area contributed by atoms with Gasteiger partial charge in [-0.05, 0) is 68.6 Å². The van der Waals surface area contributed by atoms with Crippen LogP contribution in [0.1, 0.15) is 69.3 Å². The van der Waals surface area contributed by atoms with Gasteiger partial charge < -0.3 is 54.0 Å². The van der Waals surface area contributed by atoms with Gasteiger partial charge in [-0.15, -0.1) is 0 Å². The Labute approximate surface area is 342 Å². The van der Waals surface area contributed by atoms with Crippen molar-refractivity contribution in [3.8, 4) is 0 Å². The lowest BCUT2D eigenvalue weighted by Gasteiger charge is -2.74. The fourth-order valence-corrected chi connectivity index (χ4v) is 13.3. The normalized spacial score (nSPS) is 52.8. The van der Waals surface area contributed by atoms with Crippen LogP contribution in [0.15, 0.2) is 85.0 Å². The second-order valence-electron chi connectivity index (χ2n) is 19.0. The number of carbonyl (C=O) groups excluding carboxylic acids is 2. The Kier molecular flexibility index (Phi) is 8.90. The molecule has 6 aliphatic heterocycles. The number of aliphatic hydroxyl groups is 5. The molecule has 4 saturated carbocycles. The van der Waals surface area contributed by atoms with Crippen molar-refractivity contribution >= 4 is 11.9 Å². The van der Waals surface area contributed by atoms with Crippen LogP contribution in [0.25, 0.3) is 0 Å². The van der Waals surface area contributed by atoms with E-state index in [1.807, 2.05) is 38.1 Å². The van der Waals surface area contributed by atoms with Crippen LogP contribution in [0.4, 0.5) is 0 Å². The summed E-state index contributed by atoms with van der Waals surface area (Å²) >= 11 is 0. The molecular formula is C46H54O13. The molecule has 2 aromatic rings. The van der Waals surface area contributed by atoms with Gasteiger partial charge in [0.15, 0.2) is 0 Å². The molecule has 13 nitrogen and oxygen atoms in total. The maximum atomic E-state index is 13.7. The van der Waals surface area contributed by atoms with Crippen LogP contribution in [-0.2, 0) is 39.2 Å². The lowest BCUT2D eigenvalue weighted by Crippen LogP contribution is -2.89. The Balaban J connectivity index is 1.14. The molecule has 0 radical (unpaired) electrons. The molecule has 0 aromatic heterocycles. The van der Waals surface area contributed by atoms with Crippen molar-refractivity contribution in [3.05, 3.63) is 96.1 Å². The second-order valence-corrected chi connectivity index (χ2v) is 19.0. The number of esters is 2. The third kappa shape index (κ3) is 5.17. The molecule has 8 fully saturated rings. The summed E-state index contributed by atoms with van der Waals surface area (Å²) < 4.78 is 39.7. The average molecular weight is 815 g/mol. The highest BCUT2D eigenvalue weighted by atomic mass is 16.9. The number of allylic oxidation sites excluding steroid dienone is 2. The van der Waals surface area contributed by atoms with Gasteiger partial charge in [0.1, 0.15) is 53.4 Å². The molecule has 5 N–H and O–H groups in total. The molecule has 0 amide bonds. The fourth-order valence-electron chi connectivity index (χ4n) is 13.3. The first-order chi connectivity index (χ1) is 28.1. The van der Waals surface area contributed by atoms with E-state index in [1.54, 1.807) is 55.5 Å². The summed E-state index contributed by atoms with van der Waals surface area (Å²) in [6.45, 7) is 6.66. The summed E-state index contributed by atoms with van der Waals surface area (Å²) in [7, 11) is 0. The molecule has 4 saturated heterocycles. The first-order valence-corrected chi connectivity index (χ1v) is 21.2. The quantitative estimate of drug-likeness (QED) is 0.223. The average Bonchev–Trinajstić information content (AvgIpc) is 3.79. The van der Waals surface area contributed by atoms with Gasteiger partial charge in [-0.3, -0.25) is 0 Å². The third-order valence-corrected chi connectivity index (χ3v) is 16.2. The molecule has 59 heavy (non-hydrogen) atoms. The number of carbonyl (C=O) groups is 2. The summed E-state index contributed by atoms with van der Waals surface area (Å²) in [5.41, 5.74) is -8.50. The topological polar surface area (TPSA) is 194 Å². The minimum Gasteiger partial charge on any atom is -0.456 e. The zero-order chi connectivity index (χ0) is 41.5. The van der Waals surface area contributed by atoms with Crippen LogP contribution in [-0.4, -0.2) is 109 Å². The lowest BCUT2D eigenvalue weighted by atomic mass is 9.49. The van der Waals surface area contributed by atoms with E-state index in [4.69, 9.17) is 28.4 Å². The third-order valence-electron chi connectivity index (χ3n) is 16.2. The van der Waals surface area contributed by atoms with Gasteiger partial charge >= 0.3 is 17.9 Å². The van der Waals surface area contributed by atoms with Crippen LogP contribution in [0, 0.1) is 41.4 Å². The Hall–Kier alpha value is -3.50. The van der Waals surface area contributed by atoms with Gasteiger partial charge in [-0.2, -0.15) is 0 Å². The number of hydrogen-bond donors (Lipinski definition) is 5. The molecular weight excluding hydrogens is 760 g/mol. The minimum atomic E-state index is -2.22. The summed E-state index contributed by atoms with van der Waals surface area (Å²) in [5.74, 6) is -6.79. The minimum absolute atomic E-state index is 0.102. The highest BCUT2D eigenvalue weighted by Crippen LogP contribution is 2.75. The molecule has 6 heterocycles. The predicted octanol–water partition coefficient (Wildman–Crippen LogP) is 3.31. The summed E-state index contributed by atoms with van der Waals surface area (Å²) in [6, 6.07) is 17.7. The lowest BCUT2D eigenvalue weighted by molar-refractivity contribution is -0.595. The molecule has 12 rings (SSSR count).